The molecule has 0 spiro atoms. The molecule has 1 unspecified atom stereocenters. The number of rotatable bonds is 5. The van der Waals surface area contributed by atoms with Crippen LogP contribution in [-0.2, 0) is 18.4 Å². The van der Waals surface area contributed by atoms with E-state index in [1.54, 1.807) is 7.11 Å². The predicted molar refractivity (Wildman–Crippen MR) is 81.9 cm³/mol. The molecule has 106 valence electrons. The summed E-state index contributed by atoms with van der Waals surface area (Å²) in [5, 5.41) is 0. The molecule has 1 heterocycles. The van der Waals surface area contributed by atoms with Crippen LogP contribution in [0.4, 0.5) is 0 Å². The highest BCUT2D eigenvalue weighted by atomic mass is 16.5. The van der Waals surface area contributed by atoms with E-state index in [2.05, 4.69) is 24.0 Å². The molecule has 2 N–H and O–H groups in total. The summed E-state index contributed by atoms with van der Waals surface area (Å²) >= 11 is 0. The van der Waals surface area contributed by atoms with Gasteiger partial charge >= 0.3 is 0 Å². The zero-order chi connectivity index (χ0) is 14.6. The van der Waals surface area contributed by atoms with Crippen LogP contribution in [0, 0.1) is 0 Å². The van der Waals surface area contributed by atoms with Crippen molar-refractivity contribution in [2.24, 2.45) is 5.73 Å². The molecule has 0 radical (unpaired) electrons. The number of nitrogens with zero attached hydrogens (tertiary/aromatic N) is 1. The molecular formula is C17H22N2O. The fraction of sp³-hybridized carbons (Fsp3) is 0.353. The van der Waals surface area contributed by atoms with Gasteiger partial charge in [-0.1, -0.05) is 25.1 Å². The Labute approximate surface area is 120 Å². The molecule has 0 fully saturated rings. The van der Waals surface area contributed by atoms with Crippen LogP contribution >= 0.6 is 0 Å². The van der Waals surface area contributed by atoms with Crippen molar-refractivity contribution >= 4 is 0 Å². The van der Waals surface area contributed by atoms with E-state index in [4.69, 9.17) is 10.5 Å². The molecule has 2 rings (SSSR count). The monoisotopic (exact) mass is 270 g/mol. The predicted octanol–water partition coefficient (Wildman–Crippen LogP) is 3.07. The summed E-state index contributed by atoms with van der Waals surface area (Å²) in [6.45, 7) is 4.15. The van der Waals surface area contributed by atoms with E-state index in [-0.39, 0.29) is 0 Å². The van der Waals surface area contributed by atoms with E-state index in [9.17, 15) is 0 Å². The van der Waals surface area contributed by atoms with Gasteiger partial charge in [0.05, 0.1) is 7.11 Å². The maximum atomic E-state index is 6.47. The molecular weight excluding hydrogens is 248 g/mol. The smallest absolute Gasteiger partial charge is 0.119 e. The number of pyridine rings is 1. The van der Waals surface area contributed by atoms with Crippen LogP contribution in [0.3, 0.4) is 0 Å². The minimum Gasteiger partial charge on any atom is -0.497 e. The highest BCUT2D eigenvalue weighted by Gasteiger charge is 2.22. The van der Waals surface area contributed by atoms with Crippen molar-refractivity contribution < 1.29 is 4.74 Å². The van der Waals surface area contributed by atoms with Crippen molar-refractivity contribution in [2.75, 3.05) is 7.11 Å². The Morgan fingerprint density at radius 2 is 2.05 bits per heavy atom. The highest BCUT2D eigenvalue weighted by Crippen LogP contribution is 2.25. The first-order valence-electron chi connectivity index (χ1n) is 6.92. The van der Waals surface area contributed by atoms with Crippen LogP contribution in [0.25, 0.3) is 0 Å². The van der Waals surface area contributed by atoms with E-state index < -0.39 is 5.54 Å². The average molecular weight is 270 g/mol. The zero-order valence-corrected chi connectivity index (χ0v) is 12.4. The van der Waals surface area contributed by atoms with E-state index in [0.717, 1.165) is 23.4 Å². The summed E-state index contributed by atoms with van der Waals surface area (Å²) in [4.78, 5) is 4.49. The zero-order valence-electron chi connectivity index (χ0n) is 12.4. The molecule has 3 heteroatoms. The van der Waals surface area contributed by atoms with Crippen molar-refractivity contribution in [1.29, 1.82) is 0 Å². The molecule has 0 aliphatic carbocycles. The molecule has 0 aliphatic heterocycles. The van der Waals surface area contributed by atoms with Gasteiger partial charge < -0.3 is 10.5 Å². The van der Waals surface area contributed by atoms with E-state index >= 15 is 0 Å². The first-order valence-corrected chi connectivity index (χ1v) is 6.92. The number of aryl methyl sites for hydroxylation is 1. The van der Waals surface area contributed by atoms with E-state index in [1.165, 1.54) is 5.56 Å². The second-order valence-electron chi connectivity index (χ2n) is 5.34. The topological polar surface area (TPSA) is 48.1 Å². The van der Waals surface area contributed by atoms with Crippen LogP contribution in [0.5, 0.6) is 5.75 Å². The van der Waals surface area contributed by atoms with E-state index in [1.807, 2.05) is 37.4 Å². The molecule has 0 bridgehead atoms. The SMILES string of the molecule is CCc1ccc(CC(C)(N)c2cccc(OC)c2)nc1. The van der Waals surface area contributed by atoms with Crippen LogP contribution in [-0.4, -0.2) is 12.1 Å². The third kappa shape index (κ3) is 3.36. The minimum absolute atomic E-state index is 0.463. The number of ether oxygens (including phenoxy) is 1. The van der Waals surface area contributed by atoms with Gasteiger partial charge in [-0.2, -0.15) is 0 Å². The number of hydrogen-bond donors (Lipinski definition) is 1. The molecule has 1 aromatic heterocycles. The van der Waals surface area contributed by atoms with Crippen molar-refractivity contribution in [3.05, 3.63) is 59.4 Å². The number of benzene rings is 1. The Kier molecular flexibility index (Phi) is 4.40. The first kappa shape index (κ1) is 14.5. The highest BCUT2D eigenvalue weighted by molar-refractivity contribution is 5.34. The van der Waals surface area contributed by atoms with Gasteiger partial charge in [0.2, 0.25) is 0 Å². The summed E-state index contributed by atoms with van der Waals surface area (Å²) in [5.74, 6) is 0.827. The number of nitrogens with two attached hydrogens (primary N) is 1. The quantitative estimate of drug-likeness (QED) is 0.908. The largest absolute Gasteiger partial charge is 0.497 e. The van der Waals surface area contributed by atoms with Crippen LogP contribution in [0.15, 0.2) is 42.6 Å². The van der Waals surface area contributed by atoms with Gasteiger partial charge in [0, 0.05) is 23.9 Å². The lowest BCUT2D eigenvalue weighted by atomic mass is 9.88. The third-order valence-electron chi connectivity index (χ3n) is 3.57. The third-order valence-corrected chi connectivity index (χ3v) is 3.57. The van der Waals surface area contributed by atoms with Gasteiger partial charge in [0.15, 0.2) is 0 Å². The fourth-order valence-corrected chi connectivity index (χ4v) is 2.23. The molecule has 2 aromatic rings. The van der Waals surface area contributed by atoms with Crippen molar-refractivity contribution in [1.82, 2.24) is 4.98 Å². The molecule has 1 atom stereocenters. The van der Waals surface area contributed by atoms with Crippen LogP contribution in [0.1, 0.15) is 30.7 Å². The van der Waals surface area contributed by atoms with Crippen molar-refractivity contribution in [3.63, 3.8) is 0 Å². The lowest BCUT2D eigenvalue weighted by Gasteiger charge is -2.25. The molecule has 0 saturated heterocycles. The second kappa shape index (κ2) is 6.06. The van der Waals surface area contributed by atoms with Gasteiger partial charge in [-0.15, -0.1) is 0 Å². The van der Waals surface area contributed by atoms with Crippen molar-refractivity contribution in [3.8, 4) is 5.75 Å². The van der Waals surface area contributed by atoms with Crippen LogP contribution < -0.4 is 10.5 Å². The molecule has 0 aliphatic rings. The molecule has 0 amide bonds. The van der Waals surface area contributed by atoms with Gasteiger partial charge in [0.1, 0.15) is 5.75 Å². The molecule has 0 saturated carbocycles. The van der Waals surface area contributed by atoms with Gasteiger partial charge in [-0.3, -0.25) is 4.98 Å². The van der Waals surface area contributed by atoms with Crippen LogP contribution in [0.2, 0.25) is 0 Å². The summed E-state index contributed by atoms with van der Waals surface area (Å²) in [6, 6.07) is 12.1. The Balaban J connectivity index is 2.20. The Morgan fingerprint density at radius 3 is 2.65 bits per heavy atom. The average Bonchev–Trinajstić information content (AvgIpc) is 2.48. The summed E-state index contributed by atoms with van der Waals surface area (Å²) < 4.78 is 5.26. The van der Waals surface area contributed by atoms with Gasteiger partial charge in [-0.25, -0.2) is 0 Å². The van der Waals surface area contributed by atoms with Gasteiger partial charge in [-0.05, 0) is 42.7 Å². The Bertz CT molecular complexity index is 561. The second-order valence-corrected chi connectivity index (χ2v) is 5.34. The minimum atomic E-state index is -0.463. The maximum absolute atomic E-state index is 6.47. The number of hydrogen-bond acceptors (Lipinski definition) is 3. The van der Waals surface area contributed by atoms with E-state index in [0.29, 0.717) is 6.42 Å². The molecule has 3 nitrogen and oxygen atoms in total. The first-order chi connectivity index (χ1) is 9.55. The summed E-state index contributed by atoms with van der Waals surface area (Å²) in [6.07, 6.45) is 3.63. The lowest BCUT2D eigenvalue weighted by molar-refractivity contribution is 0.410. The standard InChI is InChI=1S/C17H22N2O/c1-4-13-8-9-15(19-12-13)11-17(2,18)14-6-5-7-16(10-14)20-3/h5-10,12H,4,11,18H2,1-3H3. The molecule has 1 aromatic carbocycles. The maximum Gasteiger partial charge on any atom is 0.119 e. The summed E-state index contributed by atoms with van der Waals surface area (Å²) in [7, 11) is 1.66. The van der Waals surface area contributed by atoms with Crippen molar-refractivity contribution in [2.45, 2.75) is 32.2 Å². The Morgan fingerprint density at radius 1 is 1.25 bits per heavy atom. The number of methoxy groups -OCH3 is 1. The number of aromatic nitrogens is 1. The lowest BCUT2D eigenvalue weighted by Crippen LogP contribution is -2.35. The summed E-state index contributed by atoms with van der Waals surface area (Å²) in [5.41, 5.74) is 9.31. The molecule has 20 heavy (non-hydrogen) atoms. The Hall–Kier alpha value is -1.87. The van der Waals surface area contributed by atoms with Gasteiger partial charge in [0.25, 0.3) is 0 Å². The fourth-order valence-electron chi connectivity index (χ4n) is 2.23. The normalized spacial score (nSPS) is 13.8.